The Balaban J connectivity index is 3.04. The van der Waals surface area contributed by atoms with E-state index < -0.39 is 0 Å². The van der Waals surface area contributed by atoms with E-state index in [0.29, 0.717) is 13.0 Å². The van der Waals surface area contributed by atoms with Gasteiger partial charge in [0.05, 0.1) is 6.10 Å². The summed E-state index contributed by atoms with van der Waals surface area (Å²) in [5, 5.41) is 12.3. The number of aliphatic hydroxyl groups excluding tert-OH is 1. The molecule has 1 unspecified atom stereocenters. The van der Waals surface area contributed by atoms with Crippen molar-refractivity contribution in [3.05, 3.63) is 0 Å². The Kier molecular flexibility index (Phi) is 7.63. The van der Waals surface area contributed by atoms with E-state index in [9.17, 15) is 4.79 Å². The number of amides is 1. The summed E-state index contributed by atoms with van der Waals surface area (Å²) in [7, 11) is 0. The zero-order valence-electron chi connectivity index (χ0n) is 8.25. The summed E-state index contributed by atoms with van der Waals surface area (Å²) in [5.74, 6) is -0.242. The van der Waals surface area contributed by atoms with Crippen LogP contribution < -0.4 is 11.1 Å². The quantitative estimate of drug-likeness (QED) is 0.469. The molecule has 78 valence electrons. The van der Waals surface area contributed by atoms with Crippen LogP contribution in [0.15, 0.2) is 0 Å². The van der Waals surface area contributed by atoms with Crippen molar-refractivity contribution in [1.29, 1.82) is 0 Å². The van der Waals surface area contributed by atoms with Crippen molar-refractivity contribution in [3.8, 4) is 0 Å². The molecule has 0 spiro atoms. The molecule has 0 fully saturated rings. The van der Waals surface area contributed by atoms with E-state index in [0.717, 1.165) is 25.8 Å². The fourth-order valence-corrected chi connectivity index (χ4v) is 0.962. The highest BCUT2D eigenvalue weighted by molar-refractivity contribution is 5.73. The largest absolute Gasteiger partial charge is 0.392 e. The van der Waals surface area contributed by atoms with Crippen LogP contribution in [0.25, 0.3) is 0 Å². The first-order valence-electron chi connectivity index (χ1n) is 4.84. The lowest BCUT2D eigenvalue weighted by molar-refractivity contribution is -0.118. The molecule has 4 N–H and O–H groups in total. The number of nitrogens with two attached hydrogens (primary N) is 1. The highest BCUT2D eigenvalue weighted by atomic mass is 16.3. The van der Waals surface area contributed by atoms with Gasteiger partial charge < -0.3 is 16.2 Å². The van der Waals surface area contributed by atoms with Crippen molar-refractivity contribution in [2.24, 2.45) is 5.73 Å². The molecule has 0 rings (SSSR count). The lowest BCUT2D eigenvalue weighted by atomic mass is 10.2. The number of aliphatic hydroxyl groups is 1. The van der Waals surface area contributed by atoms with Crippen LogP contribution in [0.5, 0.6) is 0 Å². The minimum atomic E-state index is -0.254. The van der Waals surface area contributed by atoms with Gasteiger partial charge in [0.2, 0.25) is 5.91 Å². The third kappa shape index (κ3) is 9.30. The van der Waals surface area contributed by atoms with Gasteiger partial charge in [-0.25, -0.2) is 0 Å². The standard InChI is InChI=1S/C9H20N2O2/c1-2-8(12)7-11-6-4-3-5-9(10)13/h8,11-12H,2-7H2,1H3,(H2,10,13). The summed E-state index contributed by atoms with van der Waals surface area (Å²) < 4.78 is 0. The van der Waals surface area contributed by atoms with Crippen molar-refractivity contribution in [3.63, 3.8) is 0 Å². The number of rotatable bonds is 8. The summed E-state index contributed by atoms with van der Waals surface area (Å²) in [6, 6.07) is 0. The molecule has 0 aromatic rings. The second-order valence-electron chi connectivity index (χ2n) is 3.19. The van der Waals surface area contributed by atoms with Crippen LogP contribution in [-0.2, 0) is 4.79 Å². The van der Waals surface area contributed by atoms with Crippen molar-refractivity contribution in [1.82, 2.24) is 5.32 Å². The van der Waals surface area contributed by atoms with Crippen molar-refractivity contribution in [2.75, 3.05) is 13.1 Å². The number of hydrogen-bond acceptors (Lipinski definition) is 3. The van der Waals surface area contributed by atoms with Gasteiger partial charge in [-0.3, -0.25) is 4.79 Å². The fourth-order valence-electron chi connectivity index (χ4n) is 0.962. The molecule has 0 bridgehead atoms. The highest BCUT2D eigenvalue weighted by Gasteiger charge is 1.98. The Hall–Kier alpha value is -0.610. The maximum absolute atomic E-state index is 10.3. The minimum absolute atomic E-state index is 0.242. The zero-order chi connectivity index (χ0) is 10.1. The monoisotopic (exact) mass is 188 g/mol. The number of carbonyl (C=O) groups is 1. The normalized spacial score (nSPS) is 12.8. The number of carbonyl (C=O) groups excluding carboxylic acids is 1. The molecule has 1 amide bonds. The third-order valence-electron chi connectivity index (χ3n) is 1.88. The van der Waals surface area contributed by atoms with E-state index in [4.69, 9.17) is 10.8 Å². The van der Waals surface area contributed by atoms with Gasteiger partial charge >= 0.3 is 0 Å². The summed E-state index contributed by atoms with van der Waals surface area (Å²) in [6.45, 7) is 3.41. The predicted molar refractivity (Wildman–Crippen MR) is 52.2 cm³/mol. The Labute approximate surface area is 79.5 Å². The van der Waals surface area contributed by atoms with E-state index in [1.807, 2.05) is 6.92 Å². The third-order valence-corrected chi connectivity index (χ3v) is 1.88. The molecule has 0 aliphatic rings. The zero-order valence-corrected chi connectivity index (χ0v) is 8.25. The van der Waals surface area contributed by atoms with Gasteiger partial charge in [0.25, 0.3) is 0 Å². The van der Waals surface area contributed by atoms with Crippen molar-refractivity contribution >= 4 is 5.91 Å². The number of primary amides is 1. The second-order valence-corrected chi connectivity index (χ2v) is 3.19. The SMILES string of the molecule is CCC(O)CNCCCCC(N)=O. The van der Waals surface area contributed by atoms with Crippen molar-refractivity contribution in [2.45, 2.75) is 38.7 Å². The van der Waals surface area contributed by atoms with Gasteiger partial charge in [0.1, 0.15) is 0 Å². The average Bonchev–Trinajstić information content (AvgIpc) is 2.10. The smallest absolute Gasteiger partial charge is 0.217 e. The molecule has 1 atom stereocenters. The predicted octanol–water partition coefficient (Wildman–Crippen LogP) is 0.00250. The van der Waals surface area contributed by atoms with Gasteiger partial charge in [-0.05, 0) is 25.8 Å². The Bertz CT molecular complexity index is 140. The maximum Gasteiger partial charge on any atom is 0.217 e. The van der Waals surface area contributed by atoms with Gasteiger partial charge in [-0.15, -0.1) is 0 Å². The summed E-state index contributed by atoms with van der Waals surface area (Å²) in [5.41, 5.74) is 4.98. The average molecular weight is 188 g/mol. The van der Waals surface area contributed by atoms with Gasteiger partial charge in [-0.2, -0.15) is 0 Å². The van der Waals surface area contributed by atoms with Crippen LogP contribution >= 0.6 is 0 Å². The van der Waals surface area contributed by atoms with E-state index in [1.165, 1.54) is 0 Å². The van der Waals surface area contributed by atoms with Gasteiger partial charge in [0, 0.05) is 13.0 Å². The molecule has 0 saturated heterocycles. The van der Waals surface area contributed by atoms with E-state index >= 15 is 0 Å². The summed E-state index contributed by atoms with van der Waals surface area (Å²) in [6.07, 6.45) is 2.73. The van der Waals surface area contributed by atoms with Crippen LogP contribution in [0, 0.1) is 0 Å². The van der Waals surface area contributed by atoms with Crippen LogP contribution in [0.3, 0.4) is 0 Å². The molecule has 13 heavy (non-hydrogen) atoms. The summed E-state index contributed by atoms with van der Waals surface area (Å²) in [4.78, 5) is 10.3. The van der Waals surface area contributed by atoms with Crippen LogP contribution in [0.4, 0.5) is 0 Å². The Morgan fingerprint density at radius 1 is 1.54 bits per heavy atom. The summed E-state index contributed by atoms with van der Waals surface area (Å²) >= 11 is 0. The molecular weight excluding hydrogens is 168 g/mol. The lowest BCUT2D eigenvalue weighted by Gasteiger charge is -2.08. The fraction of sp³-hybridized carbons (Fsp3) is 0.889. The number of hydrogen-bond donors (Lipinski definition) is 3. The molecular formula is C9H20N2O2. The molecule has 0 aromatic heterocycles. The molecule has 0 aliphatic carbocycles. The molecule has 4 nitrogen and oxygen atoms in total. The van der Waals surface area contributed by atoms with E-state index in [2.05, 4.69) is 5.32 Å². The highest BCUT2D eigenvalue weighted by Crippen LogP contribution is 1.93. The molecule has 0 aliphatic heterocycles. The molecule has 0 radical (unpaired) electrons. The van der Waals surface area contributed by atoms with Crippen LogP contribution in [0.2, 0.25) is 0 Å². The van der Waals surface area contributed by atoms with Crippen LogP contribution in [-0.4, -0.2) is 30.2 Å². The first-order chi connectivity index (χ1) is 6.16. The first-order valence-corrected chi connectivity index (χ1v) is 4.84. The van der Waals surface area contributed by atoms with Gasteiger partial charge in [0.15, 0.2) is 0 Å². The molecule has 0 heterocycles. The number of nitrogens with one attached hydrogen (secondary N) is 1. The lowest BCUT2D eigenvalue weighted by Crippen LogP contribution is -2.27. The van der Waals surface area contributed by atoms with E-state index in [-0.39, 0.29) is 12.0 Å². The molecule has 4 heteroatoms. The molecule has 0 aromatic carbocycles. The van der Waals surface area contributed by atoms with Crippen LogP contribution in [0.1, 0.15) is 32.6 Å². The molecule has 0 saturated carbocycles. The van der Waals surface area contributed by atoms with Gasteiger partial charge in [-0.1, -0.05) is 6.92 Å². The van der Waals surface area contributed by atoms with E-state index in [1.54, 1.807) is 0 Å². The van der Waals surface area contributed by atoms with Crippen molar-refractivity contribution < 1.29 is 9.90 Å². The second kappa shape index (κ2) is 8.01. The first kappa shape index (κ1) is 12.4. The topological polar surface area (TPSA) is 75.3 Å². The maximum atomic E-state index is 10.3. The minimum Gasteiger partial charge on any atom is -0.392 e. The Morgan fingerprint density at radius 3 is 2.77 bits per heavy atom. The Morgan fingerprint density at radius 2 is 2.23 bits per heavy atom. The number of unbranched alkanes of at least 4 members (excludes halogenated alkanes) is 1.